The quantitative estimate of drug-likeness (QED) is 0.429. The van der Waals surface area contributed by atoms with Gasteiger partial charge in [0.1, 0.15) is 18.1 Å². The van der Waals surface area contributed by atoms with E-state index in [1.807, 2.05) is 0 Å². The number of aromatic amines is 1. The minimum atomic E-state index is -0.702. The molecule has 160 valence electrons. The van der Waals surface area contributed by atoms with Gasteiger partial charge < -0.3 is 23.9 Å². The molecule has 0 unspecified atom stereocenters. The number of nitrogens with one attached hydrogen (secondary N) is 1. The molecule has 30 heavy (non-hydrogen) atoms. The molecule has 0 bridgehead atoms. The van der Waals surface area contributed by atoms with Gasteiger partial charge >= 0.3 is 11.9 Å². The maximum absolute atomic E-state index is 12.6. The van der Waals surface area contributed by atoms with Crippen LogP contribution >= 0.6 is 0 Å². The van der Waals surface area contributed by atoms with Gasteiger partial charge in [0, 0.05) is 29.0 Å². The van der Waals surface area contributed by atoms with Crippen LogP contribution in [0.5, 0.6) is 5.75 Å². The molecule has 0 amide bonds. The number of ether oxygens (including phenoxy) is 4. The number of esters is 2. The Bertz CT molecular complexity index is 1010. The number of rotatable bonds is 6. The molecule has 1 aromatic carbocycles. The Hall–Kier alpha value is -3.40. The van der Waals surface area contributed by atoms with Crippen molar-refractivity contribution < 1.29 is 33.5 Å². The lowest BCUT2D eigenvalue weighted by Crippen LogP contribution is -2.15. The molecule has 0 fully saturated rings. The molecule has 1 N–H and O–H groups in total. The van der Waals surface area contributed by atoms with E-state index in [4.69, 9.17) is 18.9 Å². The van der Waals surface area contributed by atoms with Crippen LogP contribution in [0.2, 0.25) is 0 Å². The summed E-state index contributed by atoms with van der Waals surface area (Å²) in [5, 5.41) is 11.2. The maximum atomic E-state index is 12.6. The predicted molar refractivity (Wildman–Crippen MR) is 103 cm³/mol. The number of hydrogen-bond donors (Lipinski definition) is 1. The van der Waals surface area contributed by atoms with E-state index in [0.717, 1.165) is 0 Å². The van der Waals surface area contributed by atoms with Crippen LogP contribution in [0.25, 0.3) is 0 Å². The highest BCUT2D eigenvalue weighted by molar-refractivity contribution is 5.98. The molecule has 10 heteroatoms. The number of fused-ring (bicyclic) bond motifs is 1. The summed E-state index contributed by atoms with van der Waals surface area (Å²) in [5.74, 6) is -0.830. The Morgan fingerprint density at radius 3 is 2.67 bits per heavy atom. The van der Waals surface area contributed by atoms with Crippen molar-refractivity contribution in [1.29, 1.82) is 0 Å². The van der Waals surface area contributed by atoms with Gasteiger partial charge in [0.2, 0.25) is 0 Å². The fourth-order valence-corrected chi connectivity index (χ4v) is 3.24. The zero-order chi connectivity index (χ0) is 22.0. The molecule has 1 aliphatic heterocycles. The van der Waals surface area contributed by atoms with Crippen molar-refractivity contribution in [3.8, 4) is 5.75 Å². The molecule has 1 aliphatic rings. The third-order valence-corrected chi connectivity index (χ3v) is 4.53. The molecule has 10 nitrogen and oxygen atoms in total. The Kier molecular flexibility index (Phi) is 6.06. The first-order valence-corrected chi connectivity index (χ1v) is 9.27. The van der Waals surface area contributed by atoms with E-state index >= 15 is 0 Å². The summed E-state index contributed by atoms with van der Waals surface area (Å²) in [6.45, 7) is 6.66. The lowest BCUT2D eigenvalue weighted by atomic mass is 10.1. The van der Waals surface area contributed by atoms with Gasteiger partial charge in [-0.25, -0.2) is 9.59 Å². The highest BCUT2D eigenvalue weighted by atomic mass is 16.7. The Morgan fingerprint density at radius 1 is 1.27 bits per heavy atom. The van der Waals surface area contributed by atoms with Gasteiger partial charge in [-0.1, -0.05) is 0 Å². The number of non-ortho nitro benzene ring substituents is 1. The smallest absolute Gasteiger partial charge is 0.355 e. The minimum Gasteiger partial charge on any atom is -0.467 e. The monoisotopic (exact) mass is 418 g/mol. The van der Waals surface area contributed by atoms with Gasteiger partial charge in [-0.15, -0.1) is 0 Å². The van der Waals surface area contributed by atoms with Crippen LogP contribution in [0.15, 0.2) is 12.1 Å². The van der Waals surface area contributed by atoms with E-state index in [9.17, 15) is 19.7 Å². The second kappa shape index (κ2) is 8.54. The first-order chi connectivity index (χ1) is 14.2. The van der Waals surface area contributed by atoms with E-state index in [-0.39, 0.29) is 43.1 Å². The van der Waals surface area contributed by atoms with Crippen molar-refractivity contribution in [3.63, 3.8) is 0 Å². The van der Waals surface area contributed by atoms with Gasteiger partial charge in [0.25, 0.3) is 5.69 Å². The second-order valence-corrected chi connectivity index (χ2v) is 7.12. The standard InChI is InChI=1S/C20H22N2O8/c1-10(2)30-19(23)16-11(3)17(21-12(16)4)20(24)28-8-14-6-15(22(25)26)5-13-7-27-9-29-18(13)14/h5-6,10,21H,7-9H2,1-4H3. The summed E-state index contributed by atoms with van der Waals surface area (Å²) >= 11 is 0. The number of carbonyl (C=O) groups excluding carboxylic acids is 2. The van der Waals surface area contributed by atoms with E-state index in [1.165, 1.54) is 12.1 Å². The average Bonchev–Trinajstić information content (AvgIpc) is 2.99. The molecule has 0 radical (unpaired) electrons. The molecule has 3 rings (SSSR count). The fraction of sp³-hybridized carbons (Fsp3) is 0.400. The van der Waals surface area contributed by atoms with Crippen molar-refractivity contribution in [2.45, 2.75) is 47.0 Å². The van der Waals surface area contributed by atoms with Crippen molar-refractivity contribution >= 4 is 17.6 Å². The lowest BCUT2D eigenvalue weighted by Gasteiger charge is -2.20. The van der Waals surface area contributed by atoms with E-state index in [0.29, 0.717) is 28.1 Å². The molecular formula is C20H22N2O8. The summed E-state index contributed by atoms with van der Waals surface area (Å²) in [7, 11) is 0. The molecule has 0 saturated heterocycles. The second-order valence-electron chi connectivity index (χ2n) is 7.12. The first-order valence-electron chi connectivity index (χ1n) is 9.27. The van der Waals surface area contributed by atoms with Crippen LogP contribution in [-0.4, -0.2) is 34.7 Å². The molecule has 0 spiro atoms. The van der Waals surface area contributed by atoms with Crippen LogP contribution in [0.1, 0.15) is 57.1 Å². The maximum Gasteiger partial charge on any atom is 0.355 e. The molecule has 0 aliphatic carbocycles. The Balaban J connectivity index is 1.82. The highest BCUT2D eigenvalue weighted by Gasteiger charge is 2.26. The number of aromatic nitrogens is 1. The summed E-state index contributed by atoms with van der Waals surface area (Å²) in [6, 6.07) is 2.67. The SMILES string of the molecule is Cc1[nH]c(C(=O)OCc2cc([N+](=O)[O-])cc3c2OCOC3)c(C)c1C(=O)OC(C)C. The summed E-state index contributed by atoms with van der Waals surface area (Å²) < 4.78 is 21.2. The van der Waals surface area contributed by atoms with E-state index in [1.54, 1.807) is 27.7 Å². The van der Waals surface area contributed by atoms with E-state index < -0.39 is 16.9 Å². The largest absolute Gasteiger partial charge is 0.467 e. The van der Waals surface area contributed by atoms with Crippen molar-refractivity contribution in [3.05, 3.63) is 55.9 Å². The summed E-state index contributed by atoms with van der Waals surface area (Å²) in [6.07, 6.45) is -0.300. The van der Waals surface area contributed by atoms with Crippen LogP contribution < -0.4 is 4.74 Å². The number of nitrogens with zero attached hydrogens (tertiary/aromatic N) is 1. The topological polar surface area (TPSA) is 130 Å². The molecule has 2 heterocycles. The molecule has 0 atom stereocenters. The predicted octanol–water partition coefficient (Wildman–Crippen LogP) is 3.33. The number of benzene rings is 1. The van der Waals surface area contributed by atoms with Gasteiger partial charge in [0.05, 0.1) is 23.2 Å². The van der Waals surface area contributed by atoms with Crippen LogP contribution in [0, 0.1) is 24.0 Å². The Labute approximate surface area is 172 Å². The molecule has 2 aromatic rings. The third kappa shape index (κ3) is 4.28. The molecular weight excluding hydrogens is 396 g/mol. The lowest BCUT2D eigenvalue weighted by molar-refractivity contribution is -0.385. The highest BCUT2D eigenvalue weighted by Crippen LogP contribution is 2.33. The zero-order valence-electron chi connectivity index (χ0n) is 17.1. The van der Waals surface area contributed by atoms with Crippen molar-refractivity contribution in [1.82, 2.24) is 4.98 Å². The number of aryl methyl sites for hydroxylation is 1. The van der Waals surface area contributed by atoms with Crippen LogP contribution in [0.3, 0.4) is 0 Å². The van der Waals surface area contributed by atoms with Crippen LogP contribution in [0.4, 0.5) is 5.69 Å². The van der Waals surface area contributed by atoms with E-state index in [2.05, 4.69) is 4.98 Å². The normalized spacial score (nSPS) is 12.8. The van der Waals surface area contributed by atoms with Crippen molar-refractivity contribution in [2.24, 2.45) is 0 Å². The van der Waals surface area contributed by atoms with Gasteiger partial charge in [-0.2, -0.15) is 0 Å². The minimum absolute atomic E-state index is 0.00200. The zero-order valence-corrected chi connectivity index (χ0v) is 17.1. The summed E-state index contributed by atoms with van der Waals surface area (Å²) in [5.41, 5.74) is 2.01. The first kappa shape index (κ1) is 21.3. The van der Waals surface area contributed by atoms with Crippen LogP contribution in [-0.2, 0) is 27.4 Å². The number of H-pyrrole nitrogens is 1. The summed E-state index contributed by atoms with van der Waals surface area (Å²) in [4.78, 5) is 38.4. The Morgan fingerprint density at radius 2 is 2.00 bits per heavy atom. The average molecular weight is 418 g/mol. The number of carbonyl (C=O) groups is 2. The van der Waals surface area contributed by atoms with Gasteiger partial charge in [-0.3, -0.25) is 10.1 Å². The number of nitro groups is 1. The third-order valence-electron chi connectivity index (χ3n) is 4.53. The number of nitro benzene ring substituents is 1. The molecule has 1 aromatic heterocycles. The number of hydrogen-bond acceptors (Lipinski definition) is 8. The van der Waals surface area contributed by atoms with Gasteiger partial charge in [-0.05, 0) is 33.3 Å². The van der Waals surface area contributed by atoms with Crippen molar-refractivity contribution in [2.75, 3.05) is 6.79 Å². The fourth-order valence-electron chi connectivity index (χ4n) is 3.24. The van der Waals surface area contributed by atoms with Gasteiger partial charge in [0.15, 0.2) is 6.79 Å². The molecule has 0 saturated carbocycles.